The van der Waals surface area contributed by atoms with Crippen molar-refractivity contribution in [1.29, 1.82) is 0 Å². The highest BCUT2D eigenvalue weighted by Gasteiger charge is 2.48. The van der Waals surface area contributed by atoms with Crippen LogP contribution in [0.5, 0.6) is 17.2 Å². The van der Waals surface area contributed by atoms with E-state index in [9.17, 15) is 44.3 Å². The van der Waals surface area contributed by atoms with E-state index in [1.165, 1.54) is 18.2 Å². The monoisotopic (exact) mass is 1080 g/mol. The average molecular weight is 1080 g/mol. The zero-order valence-electron chi connectivity index (χ0n) is 39.1. The third-order valence-corrected chi connectivity index (χ3v) is 13.1. The number of fused-ring (bicyclic) bond motifs is 2. The molecule has 21 nitrogen and oxygen atoms in total. The number of thiazole rings is 1. The molecule has 0 bridgehead atoms. The van der Waals surface area contributed by atoms with Crippen LogP contribution in [-0.2, 0) is 67.7 Å². The van der Waals surface area contributed by atoms with Crippen LogP contribution in [0.15, 0.2) is 71.5 Å². The number of amides is 1. The zero-order valence-corrected chi connectivity index (χ0v) is 40.8. The number of aryl methyl sites for hydroxylation is 2. The van der Waals surface area contributed by atoms with E-state index in [4.69, 9.17) is 57.7 Å². The fraction of sp³-hybridized carbons (Fsp3) is 0.500. The van der Waals surface area contributed by atoms with E-state index in [1.54, 1.807) is 34.6 Å². The number of hydrogen-bond donors (Lipinski definition) is 3. The molecular formula is C44H51F6N5O16S2. The smallest absolute Gasteiger partial charge is 0.487 e. The molecule has 1 amide bonds. The van der Waals surface area contributed by atoms with Crippen LogP contribution >= 0.6 is 11.3 Å². The van der Waals surface area contributed by atoms with Crippen molar-refractivity contribution in [2.45, 2.75) is 95.0 Å². The SMILES string of the molecule is Cc1nc(COc2ccc(CCC[C@](NC(=O)O[C@H]3CO[C@H]4OCC[C@H]43)(OCCn3ccnc3)C(=O)OCN(CC(C)C)S(=O)(=O)c3ccc4c(c3)OCO4)cc2)cs1.O=C(O)C(F)(F)F.O=C(O)C(F)(F)F. The quantitative estimate of drug-likeness (QED) is 0.0498. The first-order chi connectivity index (χ1) is 34.4. The van der Waals surface area contributed by atoms with Gasteiger partial charge in [-0.05, 0) is 61.9 Å². The summed E-state index contributed by atoms with van der Waals surface area (Å²) in [6.45, 7) is 6.14. The minimum Gasteiger partial charge on any atom is -0.487 e. The molecule has 0 spiro atoms. The summed E-state index contributed by atoms with van der Waals surface area (Å²) in [7, 11) is -4.21. The van der Waals surface area contributed by atoms with Gasteiger partial charge in [0, 0.05) is 43.4 Å². The fourth-order valence-electron chi connectivity index (χ4n) is 6.99. The Bertz CT molecular complexity index is 2540. The molecule has 73 heavy (non-hydrogen) atoms. The van der Waals surface area contributed by atoms with Gasteiger partial charge in [-0.3, -0.25) is 5.32 Å². The molecule has 3 aliphatic rings. The highest BCUT2D eigenvalue weighted by Crippen LogP contribution is 2.36. The fourth-order valence-corrected chi connectivity index (χ4v) is 9.07. The number of carboxylic acid groups (broad SMARTS) is 2. The second kappa shape index (κ2) is 25.6. The summed E-state index contributed by atoms with van der Waals surface area (Å²) in [6.07, 6.45) is -5.81. The number of aromatic nitrogens is 3. The van der Waals surface area contributed by atoms with Gasteiger partial charge in [-0.25, -0.2) is 37.6 Å². The van der Waals surface area contributed by atoms with Crippen LogP contribution in [0.25, 0.3) is 0 Å². The van der Waals surface area contributed by atoms with Crippen LogP contribution < -0.4 is 19.5 Å². The number of halogens is 6. The summed E-state index contributed by atoms with van der Waals surface area (Å²) in [5.74, 6) is -5.43. The van der Waals surface area contributed by atoms with Crippen molar-refractivity contribution < 1.29 is 102 Å². The third-order valence-electron chi connectivity index (χ3n) is 10.5. The van der Waals surface area contributed by atoms with Crippen molar-refractivity contribution >= 4 is 45.4 Å². The Kier molecular flexibility index (Phi) is 20.2. The lowest BCUT2D eigenvalue weighted by Crippen LogP contribution is -2.59. The van der Waals surface area contributed by atoms with Crippen LogP contribution in [0, 0.1) is 18.8 Å². The third kappa shape index (κ3) is 17.2. The number of alkyl carbamates (subject to hydrolysis) is 1. The van der Waals surface area contributed by atoms with E-state index in [0.29, 0.717) is 44.0 Å². The second-order valence-electron chi connectivity index (χ2n) is 16.4. The Morgan fingerprint density at radius 2 is 1.67 bits per heavy atom. The topological polar surface area (TPSA) is 263 Å². The lowest BCUT2D eigenvalue weighted by molar-refractivity contribution is -0.193. The molecule has 3 aliphatic heterocycles. The number of rotatable bonds is 20. The molecule has 5 heterocycles. The van der Waals surface area contributed by atoms with Crippen molar-refractivity contribution in [3.8, 4) is 17.2 Å². The predicted octanol–water partition coefficient (Wildman–Crippen LogP) is 6.29. The van der Waals surface area contributed by atoms with Gasteiger partial charge in [-0.2, -0.15) is 30.6 Å². The minimum absolute atomic E-state index is 0.0173. The van der Waals surface area contributed by atoms with Crippen molar-refractivity contribution in [1.82, 2.24) is 24.2 Å². The molecule has 2 saturated heterocycles. The lowest BCUT2D eigenvalue weighted by Gasteiger charge is -2.34. The van der Waals surface area contributed by atoms with E-state index >= 15 is 0 Å². The Morgan fingerprint density at radius 3 is 2.29 bits per heavy atom. The van der Waals surface area contributed by atoms with E-state index in [-0.39, 0.29) is 62.0 Å². The summed E-state index contributed by atoms with van der Waals surface area (Å²) in [5.41, 5.74) is -0.296. The normalized spacial score (nSPS) is 17.9. The predicted molar refractivity (Wildman–Crippen MR) is 238 cm³/mol. The number of aliphatic carboxylic acids is 2. The molecule has 0 aliphatic carbocycles. The second-order valence-corrected chi connectivity index (χ2v) is 19.4. The van der Waals surface area contributed by atoms with E-state index in [0.717, 1.165) is 20.6 Å². The van der Waals surface area contributed by atoms with Gasteiger partial charge in [0.05, 0.1) is 47.7 Å². The number of nitrogens with one attached hydrogen (secondary N) is 1. The van der Waals surface area contributed by atoms with Gasteiger partial charge in [0.2, 0.25) is 22.5 Å². The minimum atomic E-state index is -5.08. The van der Waals surface area contributed by atoms with E-state index < -0.39 is 71.2 Å². The zero-order chi connectivity index (χ0) is 53.6. The van der Waals surface area contributed by atoms with Crippen molar-refractivity contribution in [3.63, 3.8) is 0 Å². The van der Waals surface area contributed by atoms with E-state index in [2.05, 4.69) is 15.3 Å². The molecule has 3 N–H and O–H groups in total. The summed E-state index contributed by atoms with van der Waals surface area (Å²) in [5, 5.41) is 19.9. The van der Waals surface area contributed by atoms with Crippen LogP contribution in [-0.4, -0.2) is 132 Å². The number of hydrogen-bond acceptors (Lipinski definition) is 17. The number of ether oxygens (including phenoxy) is 8. The van der Waals surface area contributed by atoms with Crippen molar-refractivity contribution in [2.24, 2.45) is 11.8 Å². The molecule has 29 heteroatoms. The average Bonchev–Trinajstić information content (AvgIpc) is 4.19. The molecular weight excluding hydrogens is 1030 g/mol. The molecule has 2 aromatic heterocycles. The highest BCUT2D eigenvalue weighted by molar-refractivity contribution is 7.89. The van der Waals surface area contributed by atoms with Gasteiger partial charge in [-0.15, -0.1) is 11.3 Å². The number of carbonyl (C=O) groups excluding carboxylic acids is 2. The van der Waals surface area contributed by atoms with Crippen LogP contribution in [0.4, 0.5) is 31.1 Å². The van der Waals surface area contributed by atoms with Crippen LogP contribution in [0.2, 0.25) is 0 Å². The van der Waals surface area contributed by atoms with Crippen LogP contribution in [0.1, 0.15) is 49.4 Å². The summed E-state index contributed by atoms with van der Waals surface area (Å²) in [6, 6.07) is 11.9. The van der Waals surface area contributed by atoms with Gasteiger partial charge in [0.1, 0.15) is 18.5 Å². The van der Waals surface area contributed by atoms with Gasteiger partial charge in [0.15, 0.2) is 24.5 Å². The van der Waals surface area contributed by atoms with Crippen LogP contribution in [0.3, 0.4) is 0 Å². The first-order valence-electron chi connectivity index (χ1n) is 22.0. The maximum Gasteiger partial charge on any atom is 0.490 e. The number of sulfonamides is 1. The van der Waals surface area contributed by atoms with Gasteiger partial charge >= 0.3 is 36.4 Å². The molecule has 0 unspecified atom stereocenters. The summed E-state index contributed by atoms with van der Waals surface area (Å²) in [4.78, 5) is 54.6. The van der Waals surface area contributed by atoms with Gasteiger partial charge < -0.3 is 52.7 Å². The Morgan fingerprint density at radius 1 is 0.986 bits per heavy atom. The van der Waals surface area contributed by atoms with E-state index in [1.807, 2.05) is 50.4 Å². The standard InChI is InChI=1S/C40H49N5O12S2.2C2HF3O2/c1-27(2)20-45(59(48,49)32-10-11-34-35(19-32)55-26-54-34)25-53-38(46)40(56-18-16-44-15-14-41-24-44,43-39(47)57-36-22-52-37-33(36)12-17-50-37)13-4-5-29-6-8-31(9-7-29)51-21-30-23-58-28(3)42-30;2*3-2(4,5)1(6)7/h6-11,14-15,19,23-24,27,33,36-37H,4-5,12-13,16-18,20-22,25-26H2,1-3H3,(H,43,47);2*(H,6,7)/t33-,36-,37+,40-;;/m0../s1. The first kappa shape index (κ1) is 57.6. The first-order valence-corrected chi connectivity index (χ1v) is 24.3. The Labute approximate surface area is 417 Å². The lowest BCUT2D eigenvalue weighted by atomic mass is 10.0. The number of benzene rings is 2. The van der Waals surface area contributed by atoms with Crippen molar-refractivity contribution in [2.75, 3.05) is 39.9 Å². The number of imidazole rings is 1. The Balaban J connectivity index is 0.000000619. The molecule has 7 rings (SSSR count). The number of carboxylic acids is 2. The number of nitrogens with zero attached hydrogens (tertiary/aromatic N) is 4. The van der Waals surface area contributed by atoms with Gasteiger partial charge in [0.25, 0.3) is 0 Å². The Hall–Kier alpha value is -6.27. The summed E-state index contributed by atoms with van der Waals surface area (Å²) < 4.78 is 140. The molecule has 2 fully saturated rings. The largest absolute Gasteiger partial charge is 0.490 e. The van der Waals surface area contributed by atoms with Crippen molar-refractivity contribution in [3.05, 3.63) is 82.8 Å². The van der Waals surface area contributed by atoms with Gasteiger partial charge in [-0.1, -0.05) is 26.0 Å². The molecule has 0 radical (unpaired) electrons. The number of esters is 1. The molecule has 402 valence electrons. The maximum absolute atomic E-state index is 14.5. The molecule has 2 aromatic carbocycles. The molecule has 4 aromatic rings. The molecule has 4 atom stereocenters. The number of carbonyl (C=O) groups is 4. The summed E-state index contributed by atoms with van der Waals surface area (Å²) >= 11 is 1.56. The highest BCUT2D eigenvalue weighted by atomic mass is 32.2. The molecule has 0 saturated carbocycles. The maximum atomic E-state index is 14.5. The number of alkyl halides is 6.